The first-order valence-corrected chi connectivity index (χ1v) is 12.4. The lowest BCUT2D eigenvalue weighted by atomic mass is 9.82. The molecule has 1 aliphatic heterocycles. The van der Waals surface area contributed by atoms with Crippen LogP contribution in [0.3, 0.4) is 0 Å². The molecule has 1 atom stereocenters. The zero-order valence-corrected chi connectivity index (χ0v) is 20.5. The summed E-state index contributed by atoms with van der Waals surface area (Å²) in [6.07, 6.45) is 1.29. The standard InChI is InChI=1S/C25H34N2O4S/c1-24(2,3)20-9-13-22(14-10-20)32(29,30)27-16-6-15-25(4,18-27)23(28)26-17-19-7-11-21(31-5)12-8-19/h7-14H,6,15-18H2,1-5H3,(H,26,28)/t25-/m1/s1. The van der Waals surface area contributed by atoms with Crippen molar-refractivity contribution in [1.29, 1.82) is 0 Å². The minimum absolute atomic E-state index is 0.0477. The smallest absolute Gasteiger partial charge is 0.243 e. The van der Waals surface area contributed by atoms with Crippen molar-refractivity contribution in [3.63, 3.8) is 0 Å². The number of sulfonamides is 1. The van der Waals surface area contributed by atoms with Gasteiger partial charge in [-0.15, -0.1) is 0 Å². The molecule has 3 rings (SSSR count). The Balaban J connectivity index is 1.70. The van der Waals surface area contributed by atoms with Crippen LogP contribution in [0.2, 0.25) is 0 Å². The highest BCUT2D eigenvalue weighted by molar-refractivity contribution is 7.89. The monoisotopic (exact) mass is 458 g/mol. The molecule has 1 aliphatic rings. The van der Waals surface area contributed by atoms with Crippen molar-refractivity contribution in [2.75, 3.05) is 20.2 Å². The van der Waals surface area contributed by atoms with E-state index in [0.29, 0.717) is 25.9 Å². The predicted octanol–water partition coefficient (Wildman–Crippen LogP) is 4.10. The largest absolute Gasteiger partial charge is 0.497 e. The highest BCUT2D eigenvalue weighted by Crippen LogP contribution is 2.33. The first-order valence-electron chi connectivity index (χ1n) is 11.0. The van der Waals surface area contributed by atoms with Gasteiger partial charge in [0.1, 0.15) is 5.75 Å². The van der Waals surface area contributed by atoms with Crippen LogP contribution in [0.5, 0.6) is 5.75 Å². The van der Waals surface area contributed by atoms with Crippen molar-refractivity contribution in [3.05, 3.63) is 59.7 Å². The SMILES string of the molecule is COc1ccc(CNC(=O)[C@]2(C)CCCN(S(=O)(=O)c3ccc(C(C)(C)C)cc3)C2)cc1. The third kappa shape index (κ3) is 5.33. The second-order valence-corrected chi connectivity index (χ2v) is 11.7. The molecule has 6 nitrogen and oxygen atoms in total. The Hall–Kier alpha value is -2.38. The van der Waals surface area contributed by atoms with Crippen LogP contribution in [-0.4, -0.2) is 38.8 Å². The van der Waals surface area contributed by atoms with E-state index < -0.39 is 15.4 Å². The predicted molar refractivity (Wildman–Crippen MR) is 126 cm³/mol. The summed E-state index contributed by atoms with van der Waals surface area (Å²) in [5, 5.41) is 2.98. The molecule has 174 valence electrons. The van der Waals surface area contributed by atoms with Crippen LogP contribution in [-0.2, 0) is 26.8 Å². The zero-order valence-electron chi connectivity index (χ0n) is 19.6. The number of piperidine rings is 1. The Labute approximate surface area is 192 Å². The normalized spacial score (nSPS) is 20.0. The van der Waals surface area contributed by atoms with Crippen LogP contribution in [0.1, 0.15) is 51.7 Å². The molecule has 7 heteroatoms. The van der Waals surface area contributed by atoms with E-state index in [9.17, 15) is 13.2 Å². The quantitative estimate of drug-likeness (QED) is 0.707. The lowest BCUT2D eigenvalue weighted by molar-refractivity contribution is -0.132. The molecular weight excluding hydrogens is 424 g/mol. The number of rotatable bonds is 6. The number of hydrogen-bond acceptors (Lipinski definition) is 4. The molecule has 0 spiro atoms. The molecule has 1 fully saturated rings. The van der Waals surface area contributed by atoms with Gasteiger partial charge in [-0.05, 0) is 60.6 Å². The summed E-state index contributed by atoms with van der Waals surface area (Å²) in [7, 11) is -2.05. The van der Waals surface area contributed by atoms with E-state index in [1.54, 1.807) is 19.2 Å². The molecule has 0 saturated carbocycles. The molecule has 1 amide bonds. The summed E-state index contributed by atoms with van der Waals surface area (Å²) < 4.78 is 33.2. The number of carbonyl (C=O) groups is 1. The number of benzene rings is 2. The lowest BCUT2D eigenvalue weighted by Crippen LogP contribution is -2.51. The van der Waals surface area contributed by atoms with Crippen molar-refractivity contribution < 1.29 is 17.9 Å². The molecular formula is C25H34N2O4S. The number of ether oxygens (including phenoxy) is 1. The van der Waals surface area contributed by atoms with Crippen LogP contribution >= 0.6 is 0 Å². The molecule has 0 radical (unpaired) electrons. The Bertz CT molecular complexity index is 1040. The fourth-order valence-electron chi connectivity index (χ4n) is 4.00. The van der Waals surface area contributed by atoms with Crippen molar-refractivity contribution in [3.8, 4) is 5.75 Å². The average molecular weight is 459 g/mol. The third-order valence-corrected chi connectivity index (χ3v) is 8.04. The van der Waals surface area contributed by atoms with Crippen molar-refractivity contribution in [2.24, 2.45) is 5.41 Å². The summed E-state index contributed by atoms with van der Waals surface area (Å²) in [4.78, 5) is 13.3. The van der Waals surface area contributed by atoms with Gasteiger partial charge >= 0.3 is 0 Å². The molecule has 0 aliphatic carbocycles. The molecule has 1 N–H and O–H groups in total. The minimum atomic E-state index is -3.66. The number of nitrogens with one attached hydrogen (secondary N) is 1. The van der Waals surface area contributed by atoms with Crippen LogP contribution in [0, 0.1) is 5.41 Å². The summed E-state index contributed by atoms with van der Waals surface area (Å²) in [6, 6.07) is 14.6. The van der Waals surface area contributed by atoms with Gasteiger partial charge in [0, 0.05) is 19.6 Å². The average Bonchev–Trinajstić information content (AvgIpc) is 2.77. The van der Waals surface area contributed by atoms with Gasteiger partial charge in [-0.1, -0.05) is 45.0 Å². The van der Waals surface area contributed by atoms with E-state index in [1.165, 1.54) is 4.31 Å². The third-order valence-electron chi connectivity index (χ3n) is 6.18. The second-order valence-electron chi connectivity index (χ2n) is 9.81. The first kappa shape index (κ1) is 24.3. The summed E-state index contributed by atoms with van der Waals surface area (Å²) in [5.41, 5.74) is 1.22. The number of nitrogens with zero attached hydrogens (tertiary/aromatic N) is 1. The zero-order chi connectivity index (χ0) is 23.6. The van der Waals surface area contributed by atoms with E-state index in [-0.39, 0.29) is 22.8 Å². The fraction of sp³-hybridized carbons (Fsp3) is 0.480. The van der Waals surface area contributed by atoms with Crippen LogP contribution in [0.25, 0.3) is 0 Å². The van der Waals surface area contributed by atoms with Crippen LogP contribution in [0.15, 0.2) is 53.4 Å². The Morgan fingerprint density at radius 1 is 1.09 bits per heavy atom. The molecule has 2 aromatic carbocycles. The van der Waals surface area contributed by atoms with Gasteiger partial charge in [0.15, 0.2) is 0 Å². The van der Waals surface area contributed by atoms with E-state index >= 15 is 0 Å². The molecule has 0 aromatic heterocycles. The van der Waals surface area contributed by atoms with Gasteiger partial charge in [0.05, 0.1) is 17.4 Å². The first-order chi connectivity index (χ1) is 15.0. The maximum Gasteiger partial charge on any atom is 0.243 e. The Morgan fingerprint density at radius 2 is 1.72 bits per heavy atom. The van der Waals surface area contributed by atoms with E-state index in [1.807, 2.05) is 43.3 Å². The van der Waals surface area contributed by atoms with Crippen molar-refractivity contribution in [2.45, 2.75) is 57.4 Å². The highest BCUT2D eigenvalue weighted by atomic mass is 32.2. The number of carbonyl (C=O) groups excluding carboxylic acids is 1. The summed E-state index contributed by atoms with van der Waals surface area (Å²) in [6.45, 7) is 9.11. The van der Waals surface area contributed by atoms with Gasteiger partial charge in [0.25, 0.3) is 0 Å². The molecule has 32 heavy (non-hydrogen) atoms. The maximum atomic E-state index is 13.3. The summed E-state index contributed by atoms with van der Waals surface area (Å²) in [5.74, 6) is 0.631. The Kier molecular flexibility index (Phi) is 7.00. The van der Waals surface area contributed by atoms with Crippen molar-refractivity contribution in [1.82, 2.24) is 9.62 Å². The maximum absolute atomic E-state index is 13.3. The van der Waals surface area contributed by atoms with Gasteiger partial charge in [-0.25, -0.2) is 8.42 Å². The molecule has 0 unspecified atom stereocenters. The van der Waals surface area contributed by atoms with E-state index in [0.717, 1.165) is 16.9 Å². The molecule has 0 bridgehead atoms. The summed E-state index contributed by atoms with van der Waals surface area (Å²) >= 11 is 0. The molecule has 1 heterocycles. The highest BCUT2D eigenvalue weighted by Gasteiger charge is 2.41. The van der Waals surface area contributed by atoms with E-state index in [4.69, 9.17) is 4.74 Å². The molecule has 1 saturated heterocycles. The second kappa shape index (κ2) is 9.24. The number of hydrogen-bond donors (Lipinski definition) is 1. The number of methoxy groups -OCH3 is 1. The Morgan fingerprint density at radius 3 is 2.28 bits per heavy atom. The topological polar surface area (TPSA) is 75.7 Å². The fourth-order valence-corrected chi connectivity index (χ4v) is 5.60. The lowest BCUT2D eigenvalue weighted by Gasteiger charge is -2.38. The van der Waals surface area contributed by atoms with Gasteiger partial charge < -0.3 is 10.1 Å². The van der Waals surface area contributed by atoms with E-state index in [2.05, 4.69) is 26.1 Å². The van der Waals surface area contributed by atoms with Crippen LogP contribution < -0.4 is 10.1 Å². The van der Waals surface area contributed by atoms with Gasteiger partial charge in [-0.3, -0.25) is 4.79 Å². The van der Waals surface area contributed by atoms with Crippen LogP contribution in [0.4, 0.5) is 0 Å². The van der Waals surface area contributed by atoms with Crippen molar-refractivity contribution >= 4 is 15.9 Å². The minimum Gasteiger partial charge on any atom is -0.497 e. The van der Waals surface area contributed by atoms with Gasteiger partial charge in [-0.2, -0.15) is 4.31 Å². The molecule has 2 aromatic rings. The van der Waals surface area contributed by atoms with Gasteiger partial charge in [0.2, 0.25) is 15.9 Å². The number of amides is 1.